The smallest absolute Gasteiger partial charge is 0.251 e. The number of pyridine rings is 1. The van der Waals surface area contributed by atoms with Gasteiger partial charge in [-0.2, -0.15) is 0 Å². The molecule has 0 saturated carbocycles. The van der Waals surface area contributed by atoms with E-state index in [0.717, 1.165) is 5.56 Å². The Morgan fingerprint density at radius 2 is 2.24 bits per heavy atom. The van der Waals surface area contributed by atoms with Crippen LogP contribution in [0.4, 0.5) is 5.82 Å². The third-order valence-electron chi connectivity index (χ3n) is 2.00. The normalized spacial score (nSPS) is 10.2. The first-order valence-corrected chi connectivity index (χ1v) is 5.86. The molecule has 0 amide bonds. The van der Waals surface area contributed by atoms with E-state index in [-0.39, 0.29) is 5.56 Å². The largest absolute Gasteiger partial charge is 0.308 e. The van der Waals surface area contributed by atoms with Gasteiger partial charge < -0.3 is 10.4 Å². The molecule has 0 radical (unpaired) electrons. The van der Waals surface area contributed by atoms with Crippen LogP contribution in [0, 0.1) is 0 Å². The second-order valence-corrected chi connectivity index (χ2v) is 4.19. The van der Waals surface area contributed by atoms with Crippen LogP contribution in [-0.2, 0) is 5.75 Å². The Kier molecular flexibility index (Phi) is 3.73. The van der Waals surface area contributed by atoms with Crippen LogP contribution in [0.1, 0.15) is 5.56 Å². The molecular formula is C10H11N5OS. The number of H-pyrrole nitrogens is 1. The van der Waals surface area contributed by atoms with Crippen LogP contribution in [0.3, 0.4) is 0 Å². The highest BCUT2D eigenvalue weighted by Gasteiger charge is 1.99. The van der Waals surface area contributed by atoms with E-state index in [0.29, 0.717) is 16.7 Å². The maximum atomic E-state index is 11.0. The number of aromatic nitrogens is 3. The summed E-state index contributed by atoms with van der Waals surface area (Å²) in [4.78, 5) is 21.8. The molecule has 2 aromatic heterocycles. The van der Waals surface area contributed by atoms with Crippen LogP contribution in [0.5, 0.6) is 0 Å². The molecule has 2 aromatic rings. The van der Waals surface area contributed by atoms with E-state index in [9.17, 15) is 4.79 Å². The zero-order valence-corrected chi connectivity index (χ0v) is 9.70. The van der Waals surface area contributed by atoms with Crippen LogP contribution in [0.15, 0.2) is 40.5 Å². The molecule has 7 heteroatoms. The lowest BCUT2D eigenvalue weighted by Crippen LogP contribution is -2.08. The molecule has 0 aliphatic carbocycles. The summed E-state index contributed by atoms with van der Waals surface area (Å²) in [6, 6.07) is 5.08. The Morgan fingerprint density at radius 1 is 1.35 bits per heavy atom. The first-order chi connectivity index (χ1) is 8.28. The third-order valence-corrected chi connectivity index (χ3v) is 2.95. The summed E-state index contributed by atoms with van der Waals surface area (Å²) < 4.78 is 0. The van der Waals surface area contributed by atoms with Gasteiger partial charge in [0.1, 0.15) is 5.82 Å². The number of thioether (sulfide) groups is 1. The van der Waals surface area contributed by atoms with E-state index in [4.69, 9.17) is 5.84 Å². The molecule has 0 aliphatic rings. The molecule has 0 fully saturated rings. The van der Waals surface area contributed by atoms with Crippen molar-refractivity contribution in [1.29, 1.82) is 0 Å². The fraction of sp³-hybridized carbons (Fsp3) is 0.100. The zero-order valence-electron chi connectivity index (χ0n) is 8.88. The number of nitrogens with one attached hydrogen (secondary N) is 2. The number of anilines is 1. The minimum Gasteiger partial charge on any atom is -0.308 e. The Hall–Kier alpha value is -1.86. The Labute approximate surface area is 102 Å². The number of aromatic amines is 1. The molecule has 0 aliphatic heterocycles. The van der Waals surface area contributed by atoms with Gasteiger partial charge in [0.2, 0.25) is 0 Å². The van der Waals surface area contributed by atoms with Gasteiger partial charge in [0.25, 0.3) is 5.56 Å². The number of nitrogens with two attached hydrogens (primary N) is 1. The highest BCUT2D eigenvalue weighted by Crippen LogP contribution is 2.17. The molecule has 0 aromatic carbocycles. The van der Waals surface area contributed by atoms with Crippen LogP contribution in [0.25, 0.3) is 0 Å². The summed E-state index contributed by atoms with van der Waals surface area (Å²) in [7, 11) is 0. The number of nitrogen functional groups attached to an aromatic ring is 1. The molecule has 0 saturated heterocycles. The van der Waals surface area contributed by atoms with Crippen molar-refractivity contribution in [2.24, 2.45) is 5.84 Å². The summed E-state index contributed by atoms with van der Waals surface area (Å²) >= 11 is 1.44. The summed E-state index contributed by atoms with van der Waals surface area (Å²) in [6.07, 6.45) is 3.21. The van der Waals surface area contributed by atoms with Crippen LogP contribution in [0.2, 0.25) is 0 Å². The summed E-state index contributed by atoms with van der Waals surface area (Å²) in [6.45, 7) is 0. The van der Waals surface area contributed by atoms with E-state index >= 15 is 0 Å². The van der Waals surface area contributed by atoms with Gasteiger partial charge in [-0.3, -0.25) is 4.79 Å². The first-order valence-electron chi connectivity index (χ1n) is 4.87. The van der Waals surface area contributed by atoms with Crippen LogP contribution < -0.4 is 16.8 Å². The molecule has 17 heavy (non-hydrogen) atoms. The van der Waals surface area contributed by atoms with Crippen LogP contribution in [-0.4, -0.2) is 15.0 Å². The average molecular weight is 249 g/mol. The Morgan fingerprint density at radius 3 is 2.88 bits per heavy atom. The highest BCUT2D eigenvalue weighted by molar-refractivity contribution is 7.98. The predicted molar refractivity (Wildman–Crippen MR) is 66.5 cm³/mol. The van der Waals surface area contributed by atoms with Crippen molar-refractivity contribution < 1.29 is 0 Å². The Balaban J connectivity index is 1.99. The molecule has 6 nitrogen and oxygen atoms in total. The SMILES string of the molecule is NNc1ccc(CSc2nccc(=O)[nH]2)cn1. The molecular weight excluding hydrogens is 238 g/mol. The molecule has 0 atom stereocenters. The molecule has 0 unspecified atom stereocenters. The van der Waals surface area contributed by atoms with Crippen molar-refractivity contribution in [3.8, 4) is 0 Å². The maximum absolute atomic E-state index is 11.0. The van der Waals surface area contributed by atoms with Gasteiger partial charge in [-0.25, -0.2) is 15.8 Å². The van der Waals surface area contributed by atoms with Crippen LogP contribution >= 0.6 is 11.8 Å². The van der Waals surface area contributed by atoms with Gasteiger partial charge in [0, 0.05) is 24.2 Å². The molecule has 88 valence electrons. The van der Waals surface area contributed by atoms with E-state index < -0.39 is 0 Å². The molecule has 2 rings (SSSR count). The van der Waals surface area contributed by atoms with Gasteiger partial charge in [-0.15, -0.1) is 0 Å². The second-order valence-electron chi connectivity index (χ2n) is 3.22. The number of nitrogens with zero attached hydrogens (tertiary/aromatic N) is 2. The lowest BCUT2D eigenvalue weighted by Gasteiger charge is -2.02. The molecule has 4 N–H and O–H groups in total. The van der Waals surface area contributed by atoms with Crippen molar-refractivity contribution in [1.82, 2.24) is 15.0 Å². The van der Waals surface area contributed by atoms with Gasteiger partial charge in [0.15, 0.2) is 5.16 Å². The lowest BCUT2D eigenvalue weighted by atomic mass is 10.3. The molecule has 0 spiro atoms. The van der Waals surface area contributed by atoms with Gasteiger partial charge >= 0.3 is 0 Å². The van der Waals surface area contributed by atoms with Gasteiger partial charge in [-0.05, 0) is 11.6 Å². The number of hydrogen-bond acceptors (Lipinski definition) is 6. The minimum absolute atomic E-state index is 0.150. The zero-order chi connectivity index (χ0) is 12.1. The fourth-order valence-corrected chi connectivity index (χ4v) is 1.95. The highest BCUT2D eigenvalue weighted by atomic mass is 32.2. The van der Waals surface area contributed by atoms with Gasteiger partial charge in [-0.1, -0.05) is 17.8 Å². The van der Waals surface area contributed by atoms with Gasteiger partial charge in [0.05, 0.1) is 0 Å². The van der Waals surface area contributed by atoms with Crippen molar-refractivity contribution >= 4 is 17.6 Å². The summed E-state index contributed by atoms with van der Waals surface area (Å²) in [5.74, 6) is 6.52. The van der Waals surface area contributed by atoms with Crippen molar-refractivity contribution in [3.63, 3.8) is 0 Å². The fourth-order valence-electron chi connectivity index (χ4n) is 1.17. The first kappa shape index (κ1) is 11.6. The Bertz CT molecular complexity index is 539. The van der Waals surface area contributed by atoms with E-state index in [1.807, 2.05) is 6.07 Å². The van der Waals surface area contributed by atoms with E-state index in [1.54, 1.807) is 12.3 Å². The second kappa shape index (κ2) is 5.46. The van der Waals surface area contributed by atoms with Crippen molar-refractivity contribution in [3.05, 3.63) is 46.5 Å². The third kappa shape index (κ3) is 3.30. The monoisotopic (exact) mass is 249 g/mol. The van der Waals surface area contributed by atoms with Crippen molar-refractivity contribution in [2.45, 2.75) is 10.9 Å². The number of rotatable bonds is 4. The average Bonchev–Trinajstić information content (AvgIpc) is 2.37. The number of hydrogen-bond donors (Lipinski definition) is 3. The predicted octanol–water partition coefficient (Wildman–Crippen LogP) is 0.743. The van der Waals surface area contributed by atoms with E-state index in [2.05, 4.69) is 20.4 Å². The molecule has 2 heterocycles. The maximum Gasteiger partial charge on any atom is 0.251 e. The summed E-state index contributed by atoms with van der Waals surface area (Å²) in [5, 5.41) is 0.596. The lowest BCUT2D eigenvalue weighted by molar-refractivity contribution is 0.936. The van der Waals surface area contributed by atoms with Crippen molar-refractivity contribution in [2.75, 3.05) is 5.43 Å². The topological polar surface area (TPSA) is 96.7 Å². The standard InChI is InChI=1S/C10H11N5OS/c11-15-8-2-1-7(5-13-8)6-17-10-12-4-3-9(16)14-10/h1-5H,6,11H2,(H,13,15)(H,12,14,16). The summed E-state index contributed by atoms with van der Waals surface area (Å²) in [5.41, 5.74) is 3.34. The minimum atomic E-state index is -0.150. The quantitative estimate of drug-likeness (QED) is 0.320. The number of hydrazine groups is 1. The van der Waals surface area contributed by atoms with E-state index in [1.165, 1.54) is 24.0 Å². The molecule has 0 bridgehead atoms.